The number of rotatable bonds is 4. The Morgan fingerprint density at radius 3 is 2.26 bits per heavy atom. The summed E-state index contributed by atoms with van der Waals surface area (Å²) in [7, 11) is -3.56. The lowest BCUT2D eigenvalue weighted by Crippen LogP contribution is -2.44. The summed E-state index contributed by atoms with van der Waals surface area (Å²) in [5.41, 5.74) is 4.03. The fourth-order valence-corrected chi connectivity index (χ4v) is 6.11. The van der Waals surface area contributed by atoms with Gasteiger partial charge in [-0.3, -0.25) is 14.5 Å². The molecule has 2 amide bonds. The van der Waals surface area contributed by atoms with Crippen LogP contribution >= 0.6 is 0 Å². The van der Waals surface area contributed by atoms with Crippen molar-refractivity contribution in [3.05, 3.63) is 53.1 Å². The molecular weight excluding hydrogens is 414 g/mol. The smallest absolute Gasteiger partial charge is 0.247 e. The molecule has 2 aromatic carbocycles. The third-order valence-electron chi connectivity index (χ3n) is 5.87. The van der Waals surface area contributed by atoms with Crippen LogP contribution in [0, 0.1) is 13.8 Å². The molecule has 0 spiro atoms. The van der Waals surface area contributed by atoms with Crippen LogP contribution in [-0.4, -0.2) is 43.7 Å². The lowest BCUT2D eigenvalue weighted by molar-refractivity contribution is -0.122. The van der Waals surface area contributed by atoms with Crippen molar-refractivity contribution in [1.29, 1.82) is 0 Å². The van der Waals surface area contributed by atoms with E-state index in [0.717, 1.165) is 24.0 Å². The number of fused-ring (bicyclic) bond motifs is 1. The van der Waals surface area contributed by atoms with Gasteiger partial charge in [0.2, 0.25) is 21.8 Å². The Labute approximate surface area is 183 Å². The second kappa shape index (κ2) is 8.09. The molecule has 0 unspecified atom stereocenters. The van der Waals surface area contributed by atoms with E-state index >= 15 is 0 Å². The minimum atomic E-state index is -3.56. The van der Waals surface area contributed by atoms with Gasteiger partial charge in [0.1, 0.15) is 6.04 Å². The zero-order valence-electron chi connectivity index (χ0n) is 18.0. The lowest BCUT2D eigenvalue weighted by atomic mass is 10.1. The first-order valence-corrected chi connectivity index (χ1v) is 11.9. The first-order valence-electron chi connectivity index (χ1n) is 10.5. The number of aryl methyl sites for hydroxylation is 2. The van der Waals surface area contributed by atoms with Gasteiger partial charge in [-0.25, -0.2) is 8.42 Å². The number of hydrogen-bond donors (Lipinski definition) is 1. The van der Waals surface area contributed by atoms with Crippen LogP contribution in [0.3, 0.4) is 0 Å². The molecule has 2 aromatic rings. The summed E-state index contributed by atoms with van der Waals surface area (Å²) in [5.74, 6) is -0.546. The van der Waals surface area contributed by atoms with Gasteiger partial charge in [-0.1, -0.05) is 6.07 Å². The largest absolute Gasteiger partial charge is 0.324 e. The third-order valence-corrected chi connectivity index (χ3v) is 7.76. The number of nitrogens with one attached hydrogen (secondary N) is 1. The van der Waals surface area contributed by atoms with Crippen LogP contribution in [0.25, 0.3) is 0 Å². The normalized spacial score (nSPS) is 18.8. The second-order valence-electron chi connectivity index (χ2n) is 8.38. The van der Waals surface area contributed by atoms with Crippen LogP contribution in [0.4, 0.5) is 11.4 Å². The zero-order chi connectivity index (χ0) is 22.3. The highest BCUT2D eigenvalue weighted by molar-refractivity contribution is 7.89. The predicted molar refractivity (Wildman–Crippen MR) is 120 cm³/mol. The van der Waals surface area contributed by atoms with Crippen molar-refractivity contribution in [3.8, 4) is 0 Å². The summed E-state index contributed by atoms with van der Waals surface area (Å²) >= 11 is 0. The van der Waals surface area contributed by atoms with Crippen molar-refractivity contribution >= 4 is 33.2 Å². The van der Waals surface area contributed by atoms with Gasteiger partial charge in [0.05, 0.1) is 4.90 Å². The summed E-state index contributed by atoms with van der Waals surface area (Å²) in [6, 6.07) is 9.85. The van der Waals surface area contributed by atoms with Gasteiger partial charge < -0.3 is 5.32 Å². The van der Waals surface area contributed by atoms with Crippen LogP contribution < -0.4 is 10.2 Å². The molecule has 164 valence electrons. The monoisotopic (exact) mass is 441 g/mol. The third kappa shape index (κ3) is 4.09. The van der Waals surface area contributed by atoms with E-state index in [1.54, 1.807) is 12.1 Å². The summed E-state index contributed by atoms with van der Waals surface area (Å²) < 4.78 is 27.4. The van der Waals surface area contributed by atoms with Gasteiger partial charge in [-0.05, 0) is 73.7 Å². The Hall–Kier alpha value is -2.71. The molecule has 4 rings (SSSR count). The molecule has 0 saturated carbocycles. The molecular formula is C23H27N3O4S. The van der Waals surface area contributed by atoms with Gasteiger partial charge in [0.15, 0.2) is 0 Å². The maximum Gasteiger partial charge on any atom is 0.247 e. The summed E-state index contributed by atoms with van der Waals surface area (Å²) in [6.45, 7) is 6.39. The molecule has 2 aliphatic heterocycles. The van der Waals surface area contributed by atoms with Crippen molar-refractivity contribution in [2.24, 2.45) is 0 Å². The number of benzene rings is 2. The van der Waals surface area contributed by atoms with E-state index in [-0.39, 0.29) is 23.1 Å². The standard InChI is InChI=1S/C23H27N3O4S/c1-15-10-16(2)12-19(11-15)24-23(28)22-14-18-13-20(6-7-21(18)26(22)17(3)27)31(29,30)25-8-4-5-9-25/h6-7,10-13,22H,4-5,8-9,14H2,1-3H3,(H,24,28)/t22-/m0/s1. The number of carbonyl (C=O) groups is 2. The van der Waals surface area contributed by atoms with Crippen molar-refractivity contribution in [1.82, 2.24) is 4.31 Å². The van der Waals surface area contributed by atoms with E-state index in [4.69, 9.17) is 0 Å². The molecule has 2 aliphatic rings. The van der Waals surface area contributed by atoms with E-state index in [9.17, 15) is 18.0 Å². The highest BCUT2D eigenvalue weighted by Gasteiger charge is 2.38. The predicted octanol–water partition coefficient (Wildman–Crippen LogP) is 3.00. The summed E-state index contributed by atoms with van der Waals surface area (Å²) in [4.78, 5) is 27.1. The maximum absolute atomic E-state index is 13.1. The molecule has 8 heteroatoms. The van der Waals surface area contributed by atoms with Crippen LogP contribution in [0.2, 0.25) is 0 Å². The van der Waals surface area contributed by atoms with Gasteiger partial charge in [-0.15, -0.1) is 0 Å². The Kier molecular flexibility index (Phi) is 5.61. The summed E-state index contributed by atoms with van der Waals surface area (Å²) in [6.07, 6.45) is 2.00. The minimum absolute atomic E-state index is 0.215. The number of amides is 2. The molecule has 7 nitrogen and oxygen atoms in total. The van der Waals surface area contributed by atoms with E-state index in [1.165, 1.54) is 22.2 Å². The SMILES string of the molecule is CC(=O)N1c2ccc(S(=O)(=O)N3CCCC3)cc2C[C@H]1C(=O)Nc1cc(C)cc(C)c1. The van der Waals surface area contributed by atoms with Crippen LogP contribution in [0.15, 0.2) is 41.3 Å². The van der Waals surface area contributed by atoms with E-state index < -0.39 is 16.1 Å². The average molecular weight is 442 g/mol. The van der Waals surface area contributed by atoms with Gasteiger partial charge in [0, 0.05) is 37.8 Å². The Morgan fingerprint density at radius 1 is 1.00 bits per heavy atom. The molecule has 2 heterocycles. The number of carbonyl (C=O) groups excluding carboxylic acids is 2. The van der Waals surface area contributed by atoms with Gasteiger partial charge in [-0.2, -0.15) is 4.31 Å². The van der Waals surface area contributed by atoms with Crippen molar-refractivity contribution in [3.63, 3.8) is 0 Å². The number of anilines is 2. The number of hydrogen-bond acceptors (Lipinski definition) is 4. The van der Waals surface area contributed by atoms with E-state index in [2.05, 4.69) is 5.32 Å². The van der Waals surface area contributed by atoms with Crippen molar-refractivity contribution in [2.75, 3.05) is 23.3 Å². The van der Waals surface area contributed by atoms with Gasteiger partial charge in [0.25, 0.3) is 0 Å². The van der Waals surface area contributed by atoms with Crippen LogP contribution in [0.5, 0.6) is 0 Å². The van der Waals surface area contributed by atoms with E-state index in [0.29, 0.717) is 30.0 Å². The Balaban J connectivity index is 1.62. The van der Waals surface area contributed by atoms with Crippen molar-refractivity contribution < 1.29 is 18.0 Å². The molecule has 31 heavy (non-hydrogen) atoms. The summed E-state index contributed by atoms with van der Waals surface area (Å²) in [5, 5.41) is 2.92. The average Bonchev–Trinajstić information content (AvgIpc) is 3.35. The Bertz CT molecular complexity index is 1130. The quantitative estimate of drug-likeness (QED) is 0.790. The number of nitrogens with zero attached hydrogens (tertiary/aromatic N) is 2. The molecule has 0 aliphatic carbocycles. The van der Waals surface area contributed by atoms with Gasteiger partial charge >= 0.3 is 0 Å². The maximum atomic E-state index is 13.1. The molecule has 1 N–H and O–H groups in total. The highest BCUT2D eigenvalue weighted by atomic mass is 32.2. The first-order chi connectivity index (χ1) is 14.7. The van der Waals surface area contributed by atoms with Crippen molar-refractivity contribution in [2.45, 2.75) is 51.0 Å². The molecule has 0 radical (unpaired) electrons. The molecule has 1 atom stereocenters. The molecule has 1 fully saturated rings. The fourth-order valence-electron chi connectivity index (χ4n) is 4.54. The van der Waals surface area contributed by atoms with Crippen LogP contribution in [0.1, 0.15) is 36.5 Å². The Morgan fingerprint density at radius 2 is 1.65 bits per heavy atom. The highest BCUT2D eigenvalue weighted by Crippen LogP contribution is 2.35. The lowest BCUT2D eigenvalue weighted by Gasteiger charge is -2.23. The van der Waals surface area contributed by atoms with Crippen LogP contribution in [-0.2, 0) is 26.0 Å². The molecule has 1 saturated heterocycles. The minimum Gasteiger partial charge on any atom is -0.324 e. The topological polar surface area (TPSA) is 86.8 Å². The second-order valence-corrected chi connectivity index (χ2v) is 10.3. The molecule has 0 aromatic heterocycles. The number of sulfonamides is 1. The molecule has 0 bridgehead atoms. The fraction of sp³-hybridized carbons (Fsp3) is 0.391. The first kappa shape index (κ1) is 21.5. The zero-order valence-corrected chi connectivity index (χ0v) is 18.8. The van der Waals surface area contributed by atoms with E-state index in [1.807, 2.05) is 32.0 Å².